The third kappa shape index (κ3) is 2.26. The lowest BCUT2D eigenvalue weighted by atomic mass is 10.1. The normalized spacial score (nSPS) is 10.8. The minimum Gasteiger partial charge on any atom is -0.0810 e. The lowest BCUT2D eigenvalue weighted by Gasteiger charge is -2.14. The van der Waals surface area contributed by atoms with E-state index in [1.54, 1.807) is 0 Å². The Hall–Kier alpha value is -0.913. The van der Waals surface area contributed by atoms with Gasteiger partial charge in [0.05, 0.1) is 10.2 Å². The Bertz CT molecular complexity index is 492. The molecule has 2 aromatic rings. The van der Waals surface area contributed by atoms with E-state index >= 15 is 0 Å². The van der Waals surface area contributed by atoms with E-state index in [0.29, 0.717) is 0 Å². The van der Waals surface area contributed by atoms with Gasteiger partial charge in [0, 0.05) is 0 Å². The summed E-state index contributed by atoms with van der Waals surface area (Å²) in [5.74, 6) is 0. The molecule has 0 N–H and O–H groups in total. The van der Waals surface area contributed by atoms with Crippen molar-refractivity contribution in [1.82, 2.24) is 0 Å². The minimum absolute atomic E-state index is 0.0740. The van der Waals surface area contributed by atoms with Gasteiger partial charge in [-0.05, 0) is 29.8 Å². The maximum Gasteiger partial charge on any atom is 0.0720 e. The number of hydrogen-bond donors (Lipinski definition) is 0. The van der Waals surface area contributed by atoms with Crippen molar-refractivity contribution in [3.63, 3.8) is 0 Å². The van der Waals surface area contributed by atoms with Crippen molar-refractivity contribution >= 4 is 28.7 Å². The van der Waals surface area contributed by atoms with Gasteiger partial charge < -0.3 is 0 Å². The molecule has 0 heterocycles. The van der Waals surface area contributed by atoms with E-state index in [1.165, 1.54) is 16.4 Å². The molecular weight excluding hydrogens is 227 g/mol. The molecule has 2 heteroatoms. The standard InChI is InChI=1S/C14H14PSi/c1-15(2)13-9-5-3-7-11(13)12-8-4-6-10-14(12)16/h3-10H,1-2H3. The van der Waals surface area contributed by atoms with Crippen LogP contribution in [0.2, 0.25) is 0 Å². The molecule has 0 saturated carbocycles. The van der Waals surface area contributed by atoms with Gasteiger partial charge in [0.1, 0.15) is 0 Å². The number of hydrogen-bond acceptors (Lipinski definition) is 0. The number of benzene rings is 2. The summed E-state index contributed by atoms with van der Waals surface area (Å²) in [4.78, 5) is 0. The predicted octanol–water partition coefficient (Wildman–Crippen LogP) is 2.51. The Morgan fingerprint density at radius 1 is 0.812 bits per heavy atom. The van der Waals surface area contributed by atoms with Crippen molar-refractivity contribution in [3.05, 3.63) is 48.5 Å². The van der Waals surface area contributed by atoms with Gasteiger partial charge in [-0.25, -0.2) is 0 Å². The molecule has 0 atom stereocenters. The SMILES string of the molecule is CP(C)c1ccccc1-c1ccccc1[Si]. The van der Waals surface area contributed by atoms with Crippen LogP contribution < -0.4 is 10.5 Å². The zero-order chi connectivity index (χ0) is 11.5. The molecular formula is C14H14PSi. The zero-order valence-corrected chi connectivity index (χ0v) is 11.5. The molecule has 16 heavy (non-hydrogen) atoms. The summed E-state index contributed by atoms with van der Waals surface area (Å²) >= 11 is 0. The van der Waals surface area contributed by atoms with Gasteiger partial charge in [-0.2, -0.15) is 0 Å². The molecule has 79 valence electrons. The quantitative estimate of drug-likeness (QED) is 0.560. The molecule has 2 rings (SSSR count). The maximum atomic E-state index is 3.68. The van der Waals surface area contributed by atoms with Crippen molar-refractivity contribution < 1.29 is 0 Å². The summed E-state index contributed by atoms with van der Waals surface area (Å²) in [6.07, 6.45) is 0. The molecule has 0 amide bonds. The van der Waals surface area contributed by atoms with Gasteiger partial charge in [0.2, 0.25) is 0 Å². The van der Waals surface area contributed by atoms with E-state index in [4.69, 9.17) is 0 Å². The predicted molar refractivity (Wildman–Crippen MR) is 75.7 cm³/mol. The summed E-state index contributed by atoms with van der Waals surface area (Å²) in [6, 6.07) is 17.1. The minimum atomic E-state index is -0.0740. The molecule has 0 nitrogen and oxygen atoms in total. The van der Waals surface area contributed by atoms with Crippen molar-refractivity contribution in [2.24, 2.45) is 0 Å². The second kappa shape index (κ2) is 4.95. The van der Waals surface area contributed by atoms with Crippen LogP contribution in [-0.4, -0.2) is 23.6 Å². The van der Waals surface area contributed by atoms with Crippen LogP contribution in [0.4, 0.5) is 0 Å². The van der Waals surface area contributed by atoms with Crippen LogP contribution in [0.25, 0.3) is 11.1 Å². The molecule has 0 aliphatic rings. The van der Waals surface area contributed by atoms with Gasteiger partial charge in [-0.1, -0.05) is 61.6 Å². The van der Waals surface area contributed by atoms with Gasteiger partial charge in [-0.15, -0.1) is 0 Å². The van der Waals surface area contributed by atoms with Crippen molar-refractivity contribution in [1.29, 1.82) is 0 Å². The van der Waals surface area contributed by atoms with Gasteiger partial charge in [0.25, 0.3) is 0 Å². The second-order valence-corrected chi connectivity index (χ2v) is 6.77. The topological polar surface area (TPSA) is 0 Å². The summed E-state index contributed by atoms with van der Waals surface area (Å²) in [6.45, 7) is 4.59. The Labute approximate surface area is 102 Å². The van der Waals surface area contributed by atoms with E-state index < -0.39 is 0 Å². The van der Waals surface area contributed by atoms with Gasteiger partial charge in [-0.3, -0.25) is 0 Å². The van der Waals surface area contributed by atoms with Crippen molar-refractivity contribution in [3.8, 4) is 11.1 Å². The first-order valence-corrected chi connectivity index (χ1v) is 8.01. The highest BCUT2D eigenvalue weighted by atomic mass is 31.1. The third-order valence-corrected chi connectivity index (χ3v) is 4.39. The first-order chi connectivity index (χ1) is 7.70. The average Bonchev–Trinajstić information content (AvgIpc) is 2.29. The first-order valence-electron chi connectivity index (χ1n) is 5.27. The van der Waals surface area contributed by atoms with Crippen LogP contribution in [0, 0.1) is 0 Å². The second-order valence-electron chi connectivity index (χ2n) is 3.96. The fourth-order valence-corrected chi connectivity index (χ4v) is 3.18. The van der Waals surface area contributed by atoms with Gasteiger partial charge >= 0.3 is 0 Å². The first kappa shape index (κ1) is 11.6. The molecule has 0 unspecified atom stereocenters. The maximum absolute atomic E-state index is 3.68. The van der Waals surface area contributed by atoms with Crippen molar-refractivity contribution in [2.45, 2.75) is 0 Å². The third-order valence-electron chi connectivity index (χ3n) is 2.60. The molecule has 2 aromatic carbocycles. The largest absolute Gasteiger partial charge is 0.0810 e. The smallest absolute Gasteiger partial charge is 0.0720 e. The molecule has 0 aliphatic heterocycles. The van der Waals surface area contributed by atoms with Crippen LogP contribution in [0.15, 0.2) is 48.5 Å². The number of rotatable bonds is 2. The Morgan fingerprint density at radius 2 is 1.38 bits per heavy atom. The van der Waals surface area contributed by atoms with E-state index in [0.717, 1.165) is 5.19 Å². The summed E-state index contributed by atoms with van der Waals surface area (Å²) in [5.41, 5.74) is 2.63. The molecule has 0 saturated heterocycles. The van der Waals surface area contributed by atoms with Gasteiger partial charge in [0.15, 0.2) is 0 Å². The molecule has 0 aliphatic carbocycles. The summed E-state index contributed by atoms with van der Waals surface area (Å²) in [5, 5.41) is 2.62. The van der Waals surface area contributed by atoms with Crippen LogP contribution in [-0.2, 0) is 0 Å². The lowest BCUT2D eigenvalue weighted by molar-refractivity contribution is 1.68. The Morgan fingerprint density at radius 3 is 2.00 bits per heavy atom. The van der Waals surface area contributed by atoms with Crippen LogP contribution in [0.5, 0.6) is 0 Å². The molecule has 0 fully saturated rings. The highest BCUT2D eigenvalue weighted by Crippen LogP contribution is 2.29. The highest BCUT2D eigenvalue weighted by Gasteiger charge is 2.08. The van der Waals surface area contributed by atoms with Crippen LogP contribution in [0.1, 0.15) is 0 Å². The highest BCUT2D eigenvalue weighted by molar-refractivity contribution is 7.64. The van der Waals surface area contributed by atoms with E-state index in [1.807, 2.05) is 0 Å². The van der Waals surface area contributed by atoms with E-state index in [2.05, 4.69) is 72.1 Å². The molecule has 0 aromatic heterocycles. The van der Waals surface area contributed by atoms with Crippen LogP contribution in [0.3, 0.4) is 0 Å². The van der Waals surface area contributed by atoms with Crippen LogP contribution >= 0.6 is 7.92 Å². The summed E-state index contributed by atoms with van der Waals surface area (Å²) in [7, 11) is 3.60. The molecule has 0 bridgehead atoms. The molecule has 0 spiro atoms. The lowest BCUT2D eigenvalue weighted by Crippen LogP contribution is -2.11. The van der Waals surface area contributed by atoms with E-state index in [-0.39, 0.29) is 7.92 Å². The van der Waals surface area contributed by atoms with E-state index in [9.17, 15) is 0 Å². The van der Waals surface area contributed by atoms with Crippen molar-refractivity contribution in [2.75, 3.05) is 13.3 Å². The monoisotopic (exact) mass is 241 g/mol. The average molecular weight is 241 g/mol. The molecule has 3 radical (unpaired) electrons. The fraction of sp³-hybridized carbons (Fsp3) is 0.143. The summed E-state index contributed by atoms with van der Waals surface area (Å²) < 4.78 is 0. The zero-order valence-electron chi connectivity index (χ0n) is 9.57. The Kier molecular flexibility index (Phi) is 3.58. The fourth-order valence-electron chi connectivity index (χ4n) is 1.81. The Balaban J connectivity index is 2.60.